The van der Waals surface area contributed by atoms with Crippen molar-refractivity contribution in [2.45, 2.75) is 26.2 Å². The number of hydrogen-bond donors (Lipinski definition) is 1. The normalized spacial score (nSPS) is 20.5. The van der Waals surface area contributed by atoms with E-state index in [2.05, 4.69) is 5.32 Å². The summed E-state index contributed by atoms with van der Waals surface area (Å²) in [6.07, 6.45) is 3.39. The quantitative estimate of drug-likeness (QED) is 0.867. The molecule has 2 aromatic rings. The fourth-order valence-corrected chi connectivity index (χ4v) is 4.12. The zero-order valence-electron chi connectivity index (χ0n) is 13.3. The zero-order chi connectivity index (χ0) is 16.0. The lowest BCUT2D eigenvalue weighted by Gasteiger charge is -2.38. The van der Waals surface area contributed by atoms with E-state index in [1.54, 1.807) is 6.07 Å². The fourth-order valence-electron chi connectivity index (χ4n) is 3.95. The van der Waals surface area contributed by atoms with Crippen molar-refractivity contribution in [2.75, 3.05) is 26.2 Å². The van der Waals surface area contributed by atoms with Crippen molar-refractivity contribution in [2.24, 2.45) is 5.41 Å². The second-order valence-electron chi connectivity index (χ2n) is 6.92. The molecule has 0 saturated carbocycles. The summed E-state index contributed by atoms with van der Waals surface area (Å²) in [6, 6.07) is 5.48. The van der Waals surface area contributed by atoms with Gasteiger partial charge in [-0.1, -0.05) is 11.6 Å². The van der Waals surface area contributed by atoms with E-state index < -0.39 is 0 Å². The molecular formula is C18H21ClN2O2. The Kier molecular flexibility index (Phi) is 3.62. The molecule has 3 heterocycles. The van der Waals surface area contributed by atoms with Gasteiger partial charge in [0, 0.05) is 35.6 Å². The number of aryl methyl sites for hydroxylation is 1. The third-order valence-corrected chi connectivity index (χ3v) is 5.77. The van der Waals surface area contributed by atoms with Crippen LogP contribution in [0.3, 0.4) is 0 Å². The Morgan fingerprint density at radius 2 is 2.09 bits per heavy atom. The van der Waals surface area contributed by atoms with Crippen molar-refractivity contribution in [1.29, 1.82) is 0 Å². The van der Waals surface area contributed by atoms with Crippen LogP contribution in [0.25, 0.3) is 11.0 Å². The molecule has 0 aliphatic carbocycles. The van der Waals surface area contributed by atoms with Crippen LogP contribution in [0, 0.1) is 12.3 Å². The van der Waals surface area contributed by atoms with Gasteiger partial charge < -0.3 is 14.6 Å². The third-order valence-electron chi connectivity index (χ3n) is 5.54. The first-order valence-electron chi connectivity index (χ1n) is 8.27. The summed E-state index contributed by atoms with van der Waals surface area (Å²) in [7, 11) is 0. The molecule has 0 radical (unpaired) electrons. The first-order valence-corrected chi connectivity index (χ1v) is 8.64. The molecule has 2 saturated heterocycles. The maximum atomic E-state index is 12.9. The van der Waals surface area contributed by atoms with Gasteiger partial charge in [-0.2, -0.15) is 0 Å². The Labute approximate surface area is 140 Å². The lowest BCUT2D eigenvalue weighted by Crippen LogP contribution is -2.44. The predicted octanol–water partition coefficient (Wildman–Crippen LogP) is 3.61. The van der Waals surface area contributed by atoms with Crippen molar-refractivity contribution < 1.29 is 9.21 Å². The van der Waals surface area contributed by atoms with E-state index in [4.69, 9.17) is 16.0 Å². The van der Waals surface area contributed by atoms with Crippen molar-refractivity contribution >= 4 is 28.5 Å². The minimum atomic E-state index is 0.00984. The van der Waals surface area contributed by atoms with E-state index in [1.165, 1.54) is 6.42 Å². The van der Waals surface area contributed by atoms with E-state index in [9.17, 15) is 4.79 Å². The average molecular weight is 333 g/mol. The monoisotopic (exact) mass is 332 g/mol. The van der Waals surface area contributed by atoms with E-state index in [1.807, 2.05) is 24.0 Å². The summed E-state index contributed by atoms with van der Waals surface area (Å²) in [5.74, 6) is 0.471. The summed E-state index contributed by atoms with van der Waals surface area (Å²) in [5.41, 5.74) is 2.02. The average Bonchev–Trinajstić information content (AvgIpc) is 3.13. The fraction of sp³-hybridized carbons (Fsp3) is 0.500. The molecule has 1 N–H and O–H groups in total. The summed E-state index contributed by atoms with van der Waals surface area (Å²) in [5, 5.41) is 5.04. The number of hydrogen-bond acceptors (Lipinski definition) is 3. The lowest BCUT2D eigenvalue weighted by atomic mass is 9.78. The molecule has 4 rings (SSSR count). The SMILES string of the molecule is Cc1c(C(=O)N2CCC3(CCNC3)CC2)oc2ccc(Cl)cc12. The molecule has 2 aliphatic rings. The van der Waals surface area contributed by atoms with Crippen LogP contribution in [0.15, 0.2) is 22.6 Å². The molecule has 23 heavy (non-hydrogen) atoms. The molecule has 1 aromatic heterocycles. The van der Waals surface area contributed by atoms with Crippen molar-refractivity contribution in [3.8, 4) is 0 Å². The first-order chi connectivity index (χ1) is 11.1. The number of nitrogens with one attached hydrogen (secondary N) is 1. The Bertz CT molecular complexity index is 752. The maximum absolute atomic E-state index is 12.9. The van der Waals surface area contributed by atoms with E-state index >= 15 is 0 Å². The number of piperidine rings is 1. The molecule has 2 fully saturated rings. The van der Waals surface area contributed by atoms with Gasteiger partial charge in [-0.3, -0.25) is 4.79 Å². The van der Waals surface area contributed by atoms with Gasteiger partial charge in [-0.25, -0.2) is 0 Å². The third kappa shape index (κ3) is 2.54. The van der Waals surface area contributed by atoms with Crippen LogP contribution in [0.2, 0.25) is 5.02 Å². The molecule has 1 spiro atoms. The van der Waals surface area contributed by atoms with Crippen LogP contribution in [-0.2, 0) is 0 Å². The predicted molar refractivity (Wildman–Crippen MR) is 91.0 cm³/mol. The Hall–Kier alpha value is -1.52. The van der Waals surface area contributed by atoms with Crippen LogP contribution in [0.4, 0.5) is 0 Å². The van der Waals surface area contributed by atoms with Gasteiger partial charge >= 0.3 is 0 Å². The van der Waals surface area contributed by atoms with Gasteiger partial charge in [0.15, 0.2) is 5.76 Å². The molecule has 1 amide bonds. The maximum Gasteiger partial charge on any atom is 0.289 e. The highest BCUT2D eigenvalue weighted by atomic mass is 35.5. The molecule has 2 aliphatic heterocycles. The molecule has 122 valence electrons. The van der Waals surface area contributed by atoms with Gasteiger partial charge in [0.1, 0.15) is 5.58 Å². The number of benzene rings is 1. The Morgan fingerprint density at radius 3 is 2.78 bits per heavy atom. The molecule has 0 bridgehead atoms. The number of carbonyl (C=O) groups excluding carboxylic acids is 1. The summed E-state index contributed by atoms with van der Waals surface area (Å²) in [6.45, 7) is 5.77. The number of halogens is 1. The van der Waals surface area contributed by atoms with Crippen molar-refractivity contribution in [1.82, 2.24) is 10.2 Å². The smallest absolute Gasteiger partial charge is 0.289 e. The summed E-state index contributed by atoms with van der Waals surface area (Å²) in [4.78, 5) is 14.8. The minimum absolute atomic E-state index is 0.00984. The largest absolute Gasteiger partial charge is 0.451 e. The standard InChI is InChI=1S/C18H21ClN2O2/c1-12-14-10-13(19)2-3-15(14)23-16(12)17(22)21-8-5-18(6-9-21)4-7-20-11-18/h2-3,10,20H,4-9,11H2,1H3. The molecule has 5 heteroatoms. The highest BCUT2D eigenvalue weighted by molar-refractivity contribution is 6.31. The highest BCUT2D eigenvalue weighted by Crippen LogP contribution is 2.38. The van der Waals surface area contributed by atoms with E-state index in [0.29, 0.717) is 16.2 Å². The van der Waals surface area contributed by atoms with Crippen LogP contribution >= 0.6 is 11.6 Å². The van der Waals surface area contributed by atoms with E-state index in [-0.39, 0.29) is 5.91 Å². The van der Waals surface area contributed by atoms with Gasteiger partial charge in [0.05, 0.1) is 0 Å². The summed E-state index contributed by atoms with van der Waals surface area (Å²) < 4.78 is 5.82. The number of likely N-dealkylation sites (tertiary alicyclic amines) is 1. The molecule has 0 unspecified atom stereocenters. The van der Waals surface area contributed by atoms with Gasteiger partial charge in [-0.05, 0) is 56.3 Å². The zero-order valence-corrected chi connectivity index (χ0v) is 14.1. The van der Waals surface area contributed by atoms with E-state index in [0.717, 1.165) is 55.6 Å². The number of carbonyl (C=O) groups is 1. The van der Waals surface area contributed by atoms with Crippen molar-refractivity contribution in [3.05, 3.63) is 34.5 Å². The van der Waals surface area contributed by atoms with Crippen LogP contribution in [-0.4, -0.2) is 37.0 Å². The van der Waals surface area contributed by atoms with Gasteiger partial charge in [-0.15, -0.1) is 0 Å². The highest BCUT2D eigenvalue weighted by Gasteiger charge is 2.38. The summed E-state index contributed by atoms with van der Waals surface area (Å²) >= 11 is 6.05. The minimum Gasteiger partial charge on any atom is -0.451 e. The number of rotatable bonds is 1. The van der Waals surface area contributed by atoms with Crippen LogP contribution in [0.5, 0.6) is 0 Å². The van der Waals surface area contributed by atoms with Gasteiger partial charge in [0.2, 0.25) is 0 Å². The van der Waals surface area contributed by atoms with Crippen LogP contribution < -0.4 is 5.32 Å². The lowest BCUT2D eigenvalue weighted by molar-refractivity contribution is 0.0578. The number of furan rings is 1. The van der Waals surface area contributed by atoms with Crippen LogP contribution in [0.1, 0.15) is 35.4 Å². The van der Waals surface area contributed by atoms with Gasteiger partial charge in [0.25, 0.3) is 5.91 Å². The number of nitrogens with zero attached hydrogens (tertiary/aromatic N) is 1. The first kappa shape index (κ1) is 15.0. The molecular weight excluding hydrogens is 312 g/mol. The molecule has 4 nitrogen and oxygen atoms in total. The Balaban J connectivity index is 1.56. The Morgan fingerprint density at radius 1 is 1.30 bits per heavy atom. The second kappa shape index (κ2) is 5.53. The van der Waals surface area contributed by atoms with Crippen molar-refractivity contribution in [3.63, 3.8) is 0 Å². The molecule has 0 atom stereocenters. The molecule has 1 aromatic carbocycles. The number of amides is 1. The number of fused-ring (bicyclic) bond motifs is 1. The second-order valence-corrected chi connectivity index (χ2v) is 7.35. The topological polar surface area (TPSA) is 45.5 Å².